The minimum atomic E-state index is -2.92. The van der Waals surface area contributed by atoms with E-state index in [9.17, 15) is 8.42 Å². The van der Waals surface area contributed by atoms with Gasteiger partial charge in [0.05, 0.1) is 17.4 Å². The minimum absolute atomic E-state index is 0.141. The van der Waals surface area contributed by atoms with E-state index in [2.05, 4.69) is 0 Å². The van der Waals surface area contributed by atoms with Gasteiger partial charge in [-0.2, -0.15) is 0 Å². The average Bonchev–Trinajstić information content (AvgIpc) is 2.36. The molecule has 0 heterocycles. The van der Waals surface area contributed by atoms with Crippen molar-refractivity contribution in [3.8, 4) is 5.75 Å². The van der Waals surface area contributed by atoms with Gasteiger partial charge < -0.3 is 10.5 Å². The van der Waals surface area contributed by atoms with Crippen LogP contribution in [0, 0.1) is 0 Å². The summed E-state index contributed by atoms with van der Waals surface area (Å²) >= 11 is 6.01. The maximum Gasteiger partial charge on any atom is 0.150 e. The third kappa shape index (κ3) is 4.84. The van der Waals surface area contributed by atoms with E-state index in [0.717, 1.165) is 5.56 Å². The van der Waals surface area contributed by atoms with Crippen LogP contribution in [0.3, 0.4) is 0 Å². The van der Waals surface area contributed by atoms with Crippen molar-refractivity contribution in [3.63, 3.8) is 0 Å². The van der Waals surface area contributed by atoms with Crippen molar-refractivity contribution in [2.24, 2.45) is 5.73 Å². The lowest BCUT2D eigenvalue weighted by Gasteiger charge is -2.09. The molecule has 0 aliphatic carbocycles. The van der Waals surface area contributed by atoms with Crippen LogP contribution in [0.5, 0.6) is 5.75 Å². The van der Waals surface area contributed by atoms with Gasteiger partial charge in [0, 0.05) is 12.3 Å². The van der Waals surface area contributed by atoms with Gasteiger partial charge >= 0.3 is 0 Å². The fourth-order valence-corrected chi connectivity index (χ4v) is 2.50. The molecule has 0 aromatic heterocycles. The van der Waals surface area contributed by atoms with Crippen LogP contribution in [-0.4, -0.2) is 26.5 Å². The second kappa shape index (κ2) is 6.97. The van der Waals surface area contributed by atoms with Crippen LogP contribution in [0.15, 0.2) is 18.2 Å². The molecule has 6 heteroatoms. The van der Waals surface area contributed by atoms with Gasteiger partial charge in [-0.15, -0.1) is 0 Å². The molecule has 102 valence electrons. The molecule has 0 fully saturated rings. The predicted octanol–water partition coefficient (Wildman–Crippen LogP) is 2.00. The van der Waals surface area contributed by atoms with Crippen LogP contribution < -0.4 is 10.5 Å². The van der Waals surface area contributed by atoms with Crippen LogP contribution in [-0.2, 0) is 16.4 Å². The van der Waals surface area contributed by atoms with Gasteiger partial charge in [0.2, 0.25) is 0 Å². The van der Waals surface area contributed by atoms with Gasteiger partial charge in [-0.05, 0) is 24.1 Å². The Morgan fingerprint density at radius 3 is 2.67 bits per heavy atom. The normalized spacial score (nSPS) is 11.5. The summed E-state index contributed by atoms with van der Waals surface area (Å²) in [6.07, 6.45) is 0.463. The number of hydrogen-bond donors (Lipinski definition) is 1. The van der Waals surface area contributed by atoms with E-state index in [4.69, 9.17) is 22.1 Å². The van der Waals surface area contributed by atoms with Crippen molar-refractivity contribution >= 4 is 21.4 Å². The van der Waals surface area contributed by atoms with E-state index >= 15 is 0 Å². The second-order valence-corrected chi connectivity index (χ2v) is 6.79. The molecule has 0 amide bonds. The first-order valence-corrected chi connectivity index (χ1v) is 8.00. The fourth-order valence-electron chi connectivity index (χ4n) is 1.39. The smallest absolute Gasteiger partial charge is 0.150 e. The Morgan fingerprint density at radius 1 is 1.39 bits per heavy atom. The van der Waals surface area contributed by atoms with Crippen LogP contribution >= 0.6 is 11.6 Å². The number of halogens is 1. The van der Waals surface area contributed by atoms with Crippen molar-refractivity contribution in [3.05, 3.63) is 28.8 Å². The molecule has 0 radical (unpaired) electrons. The summed E-state index contributed by atoms with van der Waals surface area (Å²) in [4.78, 5) is 0. The minimum Gasteiger partial charge on any atom is -0.492 e. The van der Waals surface area contributed by atoms with Crippen LogP contribution in [0.1, 0.15) is 18.9 Å². The monoisotopic (exact) mass is 291 g/mol. The van der Waals surface area contributed by atoms with Crippen molar-refractivity contribution in [2.45, 2.75) is 19.9 Å². The molecule has 0 aliphatic rings. The van der Waals surface area contributed by atoms with Gasteiger partial charge in [0.1, 0.15) is 15.6 Å². The van der Waals surface area contributed by atoms with Crippen LogP contribution in [0.2, 0.25) is 5.02 Å². The highest BCUT2D eigenvalue weighted by Gasteiger charge is 2.07. The Balaban J connectivity index is 2.45. The lowest BCUT2D eigenvalue weighted by molar-refractivity contribution is 0.318. The van der Waals surface area contributed by atoms with E-state index in [1.807, 2.05) is 6.07 Å². The molecule has 0 bridgehead atoms. The third-order valence-corrected chi connectivity index (χ3v) is 4.61. The van der Waals surface area contributed by atoms with Crippen LogP contribution in [0.4, 0.5) is 0 Å². The van der Waals surface area contributed by atoms with Crippen molar-refractivity contribution in [1.29, 1.82) is 0 Å². The van der Waals surface area contributed by atoms with Crippen LogP contribution in [0.25, 0.3) is 0 Å². The van der Waals surface area contributed by atoms with Gasteiger partial charge in [-0.1, -0.05) is 24.6 Å². The summed E-state index contributed by atoms with van der Waals surface area (Å²) < 4.78 is 28.0. The molecule has 18 heavy (non-hydrogen) atoms. The number of sulfone groups is 1. The highest BCUT2D eigenvalue weighted by Crippen LogP contribution is 2.25. The highest BCUT2D eigenvalue weighted by atomic mass is 35.5. The molecule has 4 nitrogen and oxygen atoms in total. The maximum atomic E-state index is 11.3. The number of benzene rings is 1. The number of ether oxygens (including phenoxy) is 1. The zero-order valence-electron chi connectivity index (χ0n) is 10.4. The molecule has 0 unspecified atom stereocenters. The van der Waals surface area contributed by atoms with E-state index in [1.165, 1.54) is 0 Å². The zero-order chi connectivity index (χ0) is 13.6. The standard InChI is InChI=1S/C12H18ClNO3S/c1-2-18(15,16)7-3-6-17-12-5-4-10(9-14)8-11(12)13/h4-5,8H,2-3,6-7,9,14H2,1H3. The number of nitrogens with two attached hydrogens (primary N) is 1. The van der Waals surface area contributed by atoms with Crippen molar-refractivity contribution in [1.82, 2.24) is 0 Å². The second-order valence-electron chi connectivity index (χ2n) is 3.91. The SMILES string of the molecule is CCS(=O)(=O)CCCOc1ccc(CN)cc1Cl. The first-order valence-electron chi connectivity index (χ1n) is 5.80. The molecule has 2 N–H and O–H groups in total. The van der Waals surface area contributed by atoms with E-state index in [0.29, 0.717) is 30.3 Å². The Hall–Kier alpha value is -0.780. The topological polar surface area (TPSA) is 69.4 Å². The Morgan fingerprint density at radius 2 is 2.11 bits per heavy atom. The highest BCUT2D eigenvalue weighted by molar-refractivity contribution is 7.91. The number of hydrogen-bond acceptors (Lipinski definition) is 4. The molecule has 0 saturated heterocycles. The summed E-state index contributed by atoms with van der Waals surface area (Å²) in [6, 6.07) is 5.34. The van der Waals surface area contributed by atoms with E-state index in [1.54, 1.807) is 19.1 Å². The Labute approximate surface area is 113 Å². The Kier molecular flexibility index (Phi) is 5.91. The Bertz CT molecular complexity index is 488. The van der Waals surface area contributed by atoms with Crippen molar-refractivity contribution in [2.75, 3.05) is 18.1 Å². The third-order valence-electron chi connectivity index (χ3n) is 2.53. The molecule has 0 atom stereocenters. The lowest BCUT2D eigenvalue weighted by atomic mass is 10.2. The largest absolute Gasteiger partial charge is 0.492 e. The summed E-state index contributed by atoms with van der Waals surface area (Å²) in [5, 5.41) is 0.497. The van der Waals surface area contributed by atoms with Gasteiger partial charge in [0.15, 0.2) is 0 Å². The molecule has 0 spiro atoms. The van der Waals surface area contributed by atoms with Gasteiger partial charge in [-0.25, -0.2) is 8.42 Å². The summed E-state index contributed by atoms with van der Waals surface area (Å²) in [5.74, 6) is 0.865. The van der Waals surface area contributed by atoms with Crippen molar-refractivity contribution < 1.29 is 13.2 Å². The van der Waals surface area contributed by atoms with E-state index < -0.39 is 9.84 Å². The maximum absolute atomic E-state index is 11.3. The molecular formula is C12H18ClNO3S. The molecule has 1 aromatic rings. The first-order chi connectivity index (χ1) is 8.48. The molecular weight excluding hydrogens is 274 g/mol. The van der Waals surface area contributed by atoms with Gasteiger partial charge in [-0.3, -0.25) is 0 Å². The lowest BCUT2D eigenvalue weighted by Crippen LogP contribution is -2.12. The molecule has 1 aromatic carbocycles. The average molecular weight is 292 g/mol. The first kappa shape index (κ1) is 15.3. The van der Waals surface area contributed by atoms with E-state index in [-0.39, 0.29) is 11.5 Å². The predicted molar refractivity (Wildman–Crippen MR) is 73.8 cm³/mol. The molecule has 1 rings (SSSR count). The van der Waals surface area contributed by atoms with Gasteiger partial charge in [0.25, 0.3) is 0 Å². The quantitative estimate of drug-likeness (QED) is 0.780. The molecule has 0 aliphatic heterocycles. The summed E-state index contributed by atoms with van der Waals surface area (Å²) in [7, 11) is -2.92. The fraction of sp³-hybridized carbons (Fsp3) is 0.500. The summed E-state index contributed by atoms with van der Waals surface area (Å²) in [5.41, 5.74) is 6.42. The summed E-state index contributed by atoms with van der Waals surface area (Å²) in [6.45, 7) is 2.40. The zero-order valence-corrected chi connectivity index (χ0v) is 11.9. The molecule has 0 saturated carbocycles. The number of rotatable bonds is 7.